The summed E-state index contributed by atoms with van der Waals surface area (Å²) in [5.41, 5.74) is 0.568. The third kappa shape index (κ3) is 3.14. The zero-order valence-corrected chi connectivity index (χ0v) is 11.3. The first-order chi connectivity index (χ1) is 7.61. The van der Waals surface area contributed by atoms with Crippen molar-refractivity contribution in [2.24, 2.45) is 5.92 Å². The van der Waals surface area contributed by atoms with Crippen LogP contribution in [0.1, 0.15) is 39.5 Å². The molecule has 0 unspecified atom stereocenters. The predicted molar refractivity (Wildman–Crippen MR) is 66.8 cm³/mol. The van der Waals surface area contributed by atoms with Crippen molar-refractivity contribution >= 4 is 29.2 Å². The summed E-state index contributed by atoms with van der Waals surface area (Å²) in [5, 5.41) is 0.508. The van der Waals surface area contributed by atoms with Gasteiger partial charge in [-0.1, -0.05) is 31.4 Å². The summed E-state index contributed by atoms with van der Waals surface area (Å²) in [7, 11) is 0. The molecular formula is C12H18Cl2O2. The summed E-state index contributed by atoms with van der Waals surface area (Å²) in [6, 6.07) is 0. The minimum atomic E-state index is -0.292. The lowest BCUT2D eigenvalue weighted by atomic mass is 9.94. The Kier molecular flexibility index (Phi) is 5.63. The van der Waals surface area contributed by atoms with Crippen molar-refractivity contribution in [1.82, 2.24) is 0 Å². The number of unbranched alkanes of at least 4 members (excludes halogenated alkanes) is 2. The van der Waals surface area contributed by atoms with Gasteiger partial charge < -0.3 is 4.74 Å². The van der Waals surface area contributed by atoms with Gasteiger partial charge in [-0.15, -0.1) is 11.6 Å². The number of esters is 1. The number of hydrogen-bond acceptors (Lipinski definition) is 2. The predicted octanol–water partition coefficient (Wildman–Crippen LogP) is 3.86. The Morgan fingerprint density at radius 2 is 2.12 bits per heavy atom. The third-order valence-corrected chi connectivity index (χ3v) is 3.46. The van der Waals surface area contributed by atoms with E-state index in [1.165, 1.54) is 0 Å². The minimum Gasteiger partial charge on any atom is -0.458 e. The van der Waals surface area contributed by atoms with E-state index < -0.39 is 0 Å². The van der Waals surface area contributed by atoms with Gasteiger partial charge in [-0.05, 0) is 19.8 Å². The SMILES string of the molecule is CCCCC[C@@H]1OC(=O)/C(=C(/C)Cl)[C@@H]1CCl. The van der Waals surface area contributed by atoms with E-state index in [0.717, 1.165) is 25.7 Å². The summed E-state index contributed by atoms with van der Waals surface area (Å²) in [6.45, 7) is 3.86. The topological polar surface area (TPSA) is 26.3 Å². The van der Waals surface area contributed by atoms with Crippen molar-refractivity contribution in [1.29, 1.82) is 0 Å². The Hall–Kier alpha value is -0.210. The van der Waals surface area contributed by atoms with Crippen LogP contribution in [0.25, 0.3) is 0 Å². The molecule has 2 atom stereocenters. The number of carbonyl (C=O) groups is 1. The minimum absolute atomic E-state index is 0.0384. The van der Waals surface area contributed by atoms with Crippen LogP contribution in [0.15, 0.2) is 10.6 Å². The highest BCUT2D eigenvalue weighted by atomic mass is 35.5. The van der Waals surface area contributed by atoms with Crippen LogP contribution in [0.2, 0.25) is 0 Å². The Bertz CT molecular complexity index is 283. The molecule has 0 amide bonds. The average Bonchev–Trinajstić information content (AvgIpc) is 2.55. The van der Waals surface area contributed by atoms with E-state index in [1.807, 2.05) is 0 Å². The third-order valence-electron chi connectivity index (χ3n) is 2.93. The van der Waals surface area contributed by atoms with Crippen molar-refractivity contribution in [2.75, 3.05) is 5.88 Å². The first kappa shape index (κ1) is 13.9. The second-order valence-electron chi connectivity index (χ2n) is 4.15. The van der Waals surface area contributed by atoms with Crippen molar-refractivity contribution in [3.05, 3.63) is 10.6 Å². The number of rotatable bonds is 5. The zero-order valence-electron chi connectivity index (χ0n) is 9.76. The van der Waals surface area contributed by atoms with Gasteiger partial charge in [-0.2, -0.15) is 0 Å². The molecule has 2 nitrogen and oxygen atoms in total. The highest BCUT2D eigenvalue weighted by Crippen LogP contribution is 2.34. The van der Waals surface area contributed by atoms with Gasteiger partial charge in [0.05, 0.1) is 5.57 Å². The second kappa shape index (κ2) is 6.51. The van der Waals surface area contributed by atoms with Crippen LogP contribution >= 0.6 is 23.2 Å². The molecule has 1 rings (SSSR count). The molecule has 0 aromatic rings. The molecular weight excluding hydrogens is 247 g/mol. The van der Waals surface area contributed by atoms with Gasteiger partial charge in [0.1, 0.15) is 6.10 Å². The van der Waals surface area contributed by atoms with Gasteiger partial charge in [0, 0.05) is 16.8 Å². The van der Waals surface area contributed by atoms with Crippen LogP contribution in [-0.4, -0.2) is 18.0 Å². The van der Waals surface area contributed by atoms with Crippen LogP contribution in [-0.2, 0) is 9.53 Å². The maximum Gasteiger partial charge on any atom is 0.335 e. The van der Waals surface area contributed by atoms with Gasteiger partial charge >= 0.3 is 5.97 Å². The smallest absolute Gasteiger partial charge is 0.335 e. The molecule has 0 spiro atoms. The summed E-state index contributed by atoms with van der Waals surface area (Å²) >= 11 is 11.8. The summed E-state index contributed by atoms with van der Waals surface area (Å²) in [4.78, 5) is 11.6. The summed E-state index contributed by atoms with van der Waals surface area (Å²) in [6.07, 6.45) is 4.17. The highest BCUT2D eigenvalue weighted by Gasteiger charge is 2.39. The standard InChI is InChI=1S/C12H18Cl2O2/c1-3-4-5-6-10-9(7-13)11(8(2)14)12(15)16-10/h9-10H,3-7H2,1-2H3/b11-8-/t9-,10+/m1/s1. The van der Waals surface area contributed by atoms with E-state index in [4.69, 9.17) is 27.9 Å². The fourth-order valence-electron chi connectivity index (χ4n) is 2.05. The first-order valence-corrected chi connectivity index (χ1v) is 6.66. The lowest BCUT2D eigenvalue weighted by Gasteiger charge is -2.15. The number of alkyl halides is 1. The van der Waals surface area contributed by atoms with Gasteiger partial charge in [0.2, 0.25) is 0 Å². The van der Waals surface area contributed by atoms with Crippen LogP contribution in [0.3, 0.4) is 0 Å². The molecule has 1 heterocycles. The zero-order chi connectivity index (χ0) is 12.1. The number of allylic oxidation sites excluding steroid dienone is 1. The molecule has 0 bridgehead atoms. The van der Waals surface area contributed by atoms with Crippen LogP contribution in [0.5, 0.6) is 0 Å². The highest BCUT2D eigenvalue weighted by molar-refractivity contribution is 6.31. The largest absolute Gasteiger partial charge is 0.458 e. The molecule has 0 aromatic heterocycles. The van der Waals surface area contributed by atoms with Gasteiger partial charge in [-0.3, -0.25) is 0 Å². The normalized spacial score (nSPS) is 28.1. The van der Waals surface area contributed by atoms with E-state index >= 15 is 0 Å². The van der Waals surface area contributed by atoms with Crippen LogP contribution < -0.4 is 0 Å². The van der Waals surface area contributed by atoms with E-state index in [9.17, 15) is 4.79 Å². The fraction of sp³-hybridized carbons (Fsp3) is 0.750. The molecule has 16 heavy (non-hydrogen) atoms. The van der Waals surface area contributed by atoms with Gasteiger partial charge in [-0.25, -0.2) is 4.79 Å². The summed E-state index contributed by atoms with van der Waals surface area (Å²) < 4.78 is 5.32. The molecule has 1 aliphatic heterocycles. The Balaban J connectivity index is 2.68. The van der Waals surface area contributed by atoms with Crippen molar-refractivity contribution in [3.8, 4) is 0 Å². The Labute approximate surface area is 107 Å². The average molecular weight is 265 g/mol. The lowest BCUT2D eigenvalue weighted by Crippen LogP contribution is -2.18. The molecule has 1 fully saturated rings. The molecule has 0 saturated carbocycles. The van der Waals surface area contributed by atoms with E-state index in [1.54, 1.807) is 6.92 Å². The van der Waals surface area contributed by atoms with Crippen molar-refractivity contribution < 1.29 is 9.53 Å². The first-order valence-electron chi connectivity index (χ1n) is 5.75. The molecule has 0 aromatic carbocycles. The second-order valence-corrected chi connectivity index (χ2v) is 5.02. The molecule has 0 aliphatic carbocycles. The quantitative estimate of drug-likeness (QED) is 0.326. The van der Waals surface area contributed by atoms with Crippen LogP contribution in [0, 0.1) is 5.92 Å². The Morgan fingerprint density at radius 3 is 2.62 bits per heavy atom. The molecule has 1 aliphatic rings. The number of hydrogen-bond donors (Lipinski definition) is 0. The lowest BCUT2D eigenvalue weighted by molar-refractivity contribution is -0.139. The van der Waals surface area contributed by atoms with Gasteiger partial charge in [0.15, 0.2) is 0 Å². The van der Waals surface area contributed by atoms with Crippen molar-refractivity contribution in [3.63, 3.8) is 0 Å². The molecule has 4 heteroatoms. The molecule has 1 saturated heterocycles. The molecule has 0 radical (unpaired) electrons. The maximum atomic E-state index is 11.6. The molecule has 0 N–H and O–H groups in total. The summed E-state index contributed by atoms with van der Waals surface area (Å²) in [5.74, 6) is 0.0604. The van der Waals surface area contributed by atoms with Gasteiger partial charge in [0.25, 0.3) is 0 Å². The maximum absolute atomic E-state index is 11.6. The van der Waals surface area contributed by atoms with E-state index in [0.29, 0.717) is 16.5 Å². The van der Waals surface area contributed by atoms with E-state index in [-0.39, 0.29) is 18.0 Å². The fourth-order valence-corrected chi connectivity index (χ4v) is 2.62. The Morgan fingerprint density at radius 1 is 1.44 bits per heavy atom. The number of ether oxygens (including phenoxy) is 1. The van der Waals surface area contributed by atoms with Crippen molar-refractivity contribution in [2.45, 2.75) is 45.6 Å². The van der Waals surface area contributed by atoms with Crippen LogP contribution in [0.4, 0.5) is 0 Å². The molecule has 92 valence electrons. The number of carbonyl (C=O) groups excluding carboxylic acids is 1. The number of cyclic esters (lactones) is 1. The number of halogens is 2. The monoisotopic (exact) mass is 264 g/mol. The van der Waals surface area contributed by atoms with E-state index in [2.05, 4.69) is 6.92 Å².